The number of benzene rings is 4. The van der Waals surface area contributed by atoms with Gasteiger partial charge in [-0.15, -0.1) is 0 Å². The SMILES string of the molecule is O=S(=O)(c1ccc2ccccc2c1)N1CCN(c2nc(Cc3ccccc3)nc3c2cnn3-c2ccccc2)CC1. The molecule has 6 aromatic rings. The van der Waals surface area contributed by atoms with Crippen molar-refractivity contribution >= 4 is 37.6 Å². The summed E-state index contributed by atoms with van der Waals surface area (Å²) in [5.74, 6) is 1.48. The Balaban J connectivity index is 1.20. The first kappa shape index (κ1) is 25.4. The van der Waals surface area contributed by atoms with Crippen LogP contribution in [0.25, 0.3) is 27.5 Å². The fourth-order valence-electron chi connectivity index (χ4n) is 5.41. The maximum atomic E-state index is 13.6. The standard InChI is InChI=1S/C32H28N6O2S/c39-41(40,28-16-15-25-11-7-8-12-26(25)22-28)37-19-17-36(18-20-37)31-29-23-33-38(27-13-5-2-6-14-27)32(29)35-30(34-31)21-24-9-3-1-4-10-24/h1-16,22-23H,17-21H2. The lowest BCUT2D eigenvalue weighted by Crippen LogP contribution is -2.49. The largest absolute Gasteiger partial charge is 0.353 e. The number of fused-ring (bicyclic) bond motifs is 2. The monoisotopic (exact) mass is 560 g/mol. The Hall–Kier alpha value is -4.60. The van der Waals surface area contributed by atoms with E-state index in [1.54, 1.807) is 16.4 Å². The highest BCUT2D eigenvalue weighted by atomic mass is 32.2. The van der Waals surface area contributed by atoms with Crippen LogP contribution in [0.3, 0.4) is 0 Å². The minimum Gasteiger partial charge on any atom is -0.353 e. The molecule has 1 aliphatic heterocycles. The van der Waals surface area contributed by atoms with Crippen molar-refractivity contribution in [3.8, 4) is 5.69 Å². The van der Waals surface area contributed by atoms with Crippen molar-refractivity contribution in [1.29, 1.82) is 0 Å². The van der Waals surface area contributed by atoms with Crippen molar-refractivity contribution in [3.63, 3.8) is 0 Å². The Bertz CT molecular complexity index is 1950. The molecule has 2 aromatic heterocycles. The highest BCUT2D eigenvalue weighted by Crippen LogP contribution is 2.29. The van der Waals surface area contributed by atoms with Crippen LogP contribution in [0.5, 0.6) is 0 Å². The predicted molar refractivity (Wildman–Crippen MR) is 161 cm³/mol. The molecule has 0 atom stereocenters. The molecule has 4 aromatic carbocycles. The van der Waals surface area contributed by atoms with E-state index in [4.69, 9.17) is 9.97 Å². The van der Waals surface area contributed by atoms with E-state index in [0.717, 1.165) is 38.9 Å². The van der Waals surface area contributed by atoms with Crippen LogP contribution in [0.2, 0.25) is 0 Å². The number of anilines is 1. The Morgan fingerprint density at radius 1 is 0.707 bits per heavy atom. The highest BCUT2D eigenvalue weighted by molar-refractivity contribution is 7.89. The van der Waals surface area contributed by atoms with E-state index < -0.39 is 10.0 Å². The van der Waals surface area contributed by atoms with Crippen LogP contribution in [0, 0.1) is 0 Å². The Labute approximate surface area is 238 Å². The van der Waals surface area contributed by atoms with E-state index in [1.807, 2.05) is 89.7 Å². The van der Waals surface area contributed by atoms with E-state index in [-0.39, 0.29) is 0 Å². The van der Waals surface area contributed by atoms with Gasteiger partial charge < -0.3 is 4.90 Å². The van der Waals surface area contributed by atoms with E-state index in [9.17, 15) is 8.42 Å². The number of nitrogens with zero attached hydrogens (tertiary/aromatic N) is 6. The van der Waals surface area contributed by atoms with Crippen LogP contribution < -0.4 is 4.90 Å². The van der Waals surface area contributed by atoms with Gasteiger partial charge in [0.2, 0.25) is 10.0 Å². The third-order valence-electron chi connectivity index (χ3n) is 7.56. The van der Waals surface area contributed by atoms with Crippen LogP contribution >= 0.6 is 0 Å². The van der Waals surface area contributed by atoms with E-state index in [2.05, 4.69) is 22.1 Å². The number of hydrogen-bond donors (Lipinski definition) is 0. The zero-order chi connectivity index (χ0) is 27.8. The molecule has 1 fully saturated rings. The summed E-state index contributed by atoms with van der Waals surface area (Å²) in [6, 6.07) is 33.2. The maximum absolute atomic E-state index is 13.6. The average Bonchev–Trinajstić information content (AvgIpc) is 3.45. The normalized spacial score (nSPS) is 14.6. The summed E-state index contributed by atoms with van der Waals surface area (Å²) in [7, 11) is -3.62. The molecule has 3 heterocycles. The van der Waals surface area contributed by atoms with E-state index in [0.29, 0.717) is 43.3 Å². The highest BCUT2D eigenvalue weighted by Gasteiger charge is 2.30. The van der Waals surface area contributed by atoms with Crippen LogP contribution in [0.15, 0.2) is 114 Å². The number of piperazine rings is 1. The molecule has 0 radical (unpaired) electrons. The molecule has 0 N–H and O–H groups in total. The number of aromatic nitrogens is 4. The van der Waals surface area contributed by atoms with Crippen LogP contribution in [0.4, 0.5) is 5.82 Å². The molecule has 0 spiro atoms. The van der Waals surface area contributed by atoms with Gasteiger partial charge in [-0.25, -0.2) is 23.1 Å². The van der Waals surface area contributed by atoms with Gasteiger partial charge in [0.05, 0.1) is 22.2 Å². The van der Waals surface area contributed by atoms with Gasteiger partial charge in [-0.05, 0) is 40.6 Å². The summed E-state index contributed by atoms with van der Waals surface area (Å²) in [4.78, 5) is 12.4. The van der Waals surface area contributed by atoms with Crippen molar-refractivity contribution in [1.82, 2.24) is 24.1 Å². The Morgan fingerprint density at radius 3 is 2.15 bits per heavy atom. The van der Waals surface area contributed by atoms with Crippen molar-refractivity contribution in [3.05, 3.63) is 121 Å². The average molecular weight is 561 g/mol. The summed E-state index contributed by atoms with van der Waals surface area (Å²) >= 11 is 0. The van der Waals surface area contributed by atoms with Gasteiger partial charge in [-0.2, -0.15) is 9.40 Å². The predicted octanol–water partition coefficient (Wildman–Crippen LogP) is 5.07. The zero-order valence-corrected chi connectivity index (χ0v) is 23.2. The summed E-state index contributed by atoms with van der Waals surface area (Å²) in [6.45, 7) is 1.75. The van der Waals surface area contributed by atoms with Crippen LogP contribution in [0.1, 0.15) is 11.4 Å². The molecule has 204 valence electrons. The van der Waals surface area contributed by atoms with Crippen molar-refractivity contribution < 1.29 is 8.42 Å². The summed E-state index contributed by atoms with van der Waals surface area (Å²) < 4.78 is 30.6. The van der Waals surface area contributed by atoms with Crippen LogP contribution in [-0.2, 0) is 16.4 Å². The molecule has 0 unspecified atom stereocenters. The molecular weight excluding hydrogens is 532 g/mol. The first-order valence-electron chi connectivity index (χ1n) is 13.6. The van der Waals surface area contributed by atoms with Crippen molar-refractivity contribution in [2.24, 2.45) is 0 Å². The van der Waals surface area contributed by atoms with Gasteiger partial charge in [0.15, 0.2) is 5.65 Å². The minimum absolute atomic E-state index is 0.323. The quantitative estimate of drug-likeness (QED) is 0.283. The Morgan fingerprint density at radius 2 is 1.39 bits per heavy atom. The second-order valence-electron chi connectivity index (χ2n) is 10.2. The fraction of sp³-hybridized carbons (Fsp3) is 0.156. The summed E-state index contributed by atoms with van der Waals surface area (Å²) in [6.07, 6.45) is 2.39. The third kappa shape index (κ3) is 4.83. The molecule has 8 nitrogen and oxygen atoms in total. The molecule has 0 aliphatic carbocycles. The van der Waals surface area contributed by atoms with Crippen molar-refractivity contribution in [2.75, 3.05) is 31.1 Å². The summed E-state index contributed by atoms with van der Waals surface area (Å²) in [5, 5.41) is 7.45. The van der Waals surface area contributed by atoms with Gasteiger partial charge in [-0.3, -0.25) is 0 Å². The lowest BCUT2D eigenvalue weighted by atomic mass is 10.1. The second kappa shape index (κ2) is 10.4. The molecule has 7 rings (SSSR count). The zero-order valence-electron chi connectivity index (χ0n) is 22.3. The number of para-hydroxylation sites is 1. The summed E-state index contributed by atoms with van der Waals surface area (Å²) in [5.41, 5.74) is 2.78. The molecule has 1 aliphatic rings. The van der Waals surface area contributed by atoms with Crippen LogP contribution in [-0.4, -0.2) is 58.7 Å². The molecule has 0 amide bonds. The number of sulfonamides is 1. The maximum Gasteiger partial charge on any atom is 0.243 e. The van der Waals surface area contributed by atoms with Gasteiger partial charge in [0.1, 0.15) is 11.6 Å². The van der Waals surface area contributed by atoms with E-state index >= 15 is 0 Å². The molecule has 0 saturated carbocycles. The first-order valence-corrected chi connectivity index (χ1v) is 15.1. The van der Waals surface area contributed by atoms with Gasteiger partial charge in [0.25, 0.3) is 0 Å². The lowest BCUT2D eigenvalue weighted by molar-refractivity contribution is 0.384. The molecule has 41 heavy (non-hydrogen) atoms. The number of rotatable bonds is 6. The van der Waals surface area contributed by atoms with Gasteiger partial charge >= 0.3 is 0 Å². The molecular formula is C32H28N6O2S. The Kier molecular flexibility index (Phi) is 6.45. The second-order valence-corrected chi connectivity index (χ2v) is 12.1. The molecule has 9 heteroatoms. The topological polar surface area (TPSA) is 84.2 Å². The molecule has 0 bridgehead atoms. The van der Waals surface area contributed by atoms with E-state index in [1.165, 1.54) is 0 Å². The number of hydrogen-bond acceptors (Lipinski definition) is 6. The first-order chi connectivity index (χ1) is 20.1. The third-order valence-corrected chi connectivity index (χ3v) is 9.45. The fourth-order valence-corrected chi connectivity index (χ4v) is 6.87. The smallest absolute Gasteiger partial charge is 0.243 e. The van der Waals surface area contributed by atoms with Gasteiger partial charge in [0, 0.05) is 32.6 Å². The van der Waals surface area contributed by atoms with Crippen molar-refractivity contribution in [2.45, 2.75) is 11.3 Å². The lowest BCUT2D eigenvalue weighted by Gasteiger charge is -2.35. The van der Waals surface area contributed by atoms with Gasteiger partial charge in [-0.1, -0.05) is 78.9 Å². The molecule has 1 saturated heterocycles. The minimum atomic E-state index is -3.62.